The van der Waals surface area contributed by atoms with Gasteiger partial charge in [-0.25, -0.2) is 0 Å². The minimum Gasteiger partial charge on any atom is -0.457 e. The first-order valence-corrected chi connectivity index (χ1v) is 9.69. The van der Waals surface area contributed by atoms with Gasteiger partial charge in [0.05, 0.1) is 0 Å². The standard InChI is InChI=1S/C24H22N2O3/c27-23-7-4-16-26(23)20-12-10-19(11-13-20)24(28)25-17-18-8-14-22(15-9-18)29-21-5-2-1-3-6-21/h1-3,5-6,8-15H,4,7,16-17H2,(H,25,28). The minimum absolute atomic E-state index is 0.141. The van der Waals surface area contributed by atoms with Gasteiger partial charge in [0.25, 0.3) is 5.91 Å². The fourth-order valence-corrected chi connectivity index (χ4v) is 3.30. The van der Waals surface area contributed by atoms with Crippen LogP contribution in [-0.2, 0) is 11.3 Å². The molecule has 5 heteroatoms. The van der Waals surface area contributed by atoms with Crippen molar-refractivity contribution in [3.05, 3.63) is 90.0 Å². The summed E-state index contributed by atoms with van der Waals surface area (Å²) >= 11 is 0. The van der Waals surface area contributed by atoms with Gasteiger partial charge in [0.1, 0.15) is 11.5 Å². The molecule has 5 nitrogen and oxygen atoms in total. The number of ether oxygens (including phenoxy) is 1. The third-order valence-electron chi connectivity index (χ3n) is 4.87. The zero-order valence-corrected chi connectivity index (χ0v) is 16.0. The Kier molecular flexibility index (Phi) is 5.56. The van der Waals surface area contributed by atoms with Gasteiger partial charge in [-0.05, 0) is 60.5 Å². The molecule has 1 heterocycles. The van der Waals surface area contributed by atoms with E-state index in [0.29, 0.717) is 18.5 Å². The quantitative estimate of drug-likeness (QED) is 0.677. The zero-order chi connectivity index (χ0) is 20.1. The van der Waals surface area contributed by atoms with Crippen molar-refractivity contribution in [2.75, 3.05) is 11.4 Å². The van der Waals surface area contributed by atoms with Crippen LogP contribution in [-0.4, -0.2) is 18.4 Å². The largest absolute Gasteiger partial charge is 0.457 e. The van der Waals surface area contributed by atoms with E-state index in [1.807, 2.05) is 66.7 Å². The van der Waals surface area contributed by atoms with E-state index in [1.54, 1.807) is 17.0 Å². The molecule has 0 spiro atoms. The van der Waals surface area contributed by atoms with E-state index in [9.17, 15) is 9.59 Å². The van der Waals surface area contributed by atoms with Crippen LogP contribution in [0.3, 0.4) is 0 Å². The number of para-hydroxylation sites is 1. The molecule has 0 bridgehead atoms. The van der Waals surface area contributed by atoms with Crippen molar-refractivity contribution in [1.29, 1.82) is 0 Å². The van der Waals surface area contributed by atoms with Crippen LogP contribution in [0.2, 0.25) is 0 Å². The minimum atomic E-state index is -0.145. The number of rotatable bonds is 6. The van der Waals surface area contributed by atoms with Crippen LogP contribution < -0.4 is 15.0 Å². The second-order valence-corrected chi connectivity index (χ2v) is 6.94. The first-order chi connectivity index (χ1) is 14.2. The maximum Gasteiger partial charge on any atom is 0.251 e. The molecule has 1 aliphatic rings. The highest BCUT2D eigenvalue weighted by Gasteiger charge is 2.21. The maximum absolute atomic E-state index is 12.4. The first kappa shape index (κ1) is 18.7. The fourth-order valence-electron chi connectivity index (χ4n) is 3.30. The predicted octanol–water partition coefficient (Wildman–Crippen LogP) is 4.54. The second kappa shape index (κ2) is 8.61. The normalized spacial score (nSPS) is 13.4. The Morgan fingerprint density at radius 2 is 1.59 bits per heavy atom. The molecule has 3 aromatic carbocycles. The fraction of sp³-hybridized carbons (Fsp3) is 0.167. The van der Waals surface area contributed by atoms with Crippen LogP contribution in [0.1, 0.15) is 28.8 Å². The summed E-state index contributed by atoms with van der Waals surface area (Å²) in [6.07, 6.45) is 1.48. The monoisotopic (exact) mass is 386 g/mol. The molecule has 0 radical (unpaired) electrons. The van der Waals surface area contributed by atoms with Gasteiger partial charge >= 0.3 is 0 Å². The molecule has 0 saturated carbocycles. The molecule has 1 fully saturated rings. The van der Waals surface area contributed by atoms with Gasteiger partial charge in [-0.3, -0.25) is 9.59 Å². The molecule has 0 atom stereocenters. The van der Waals surface area contributed by atoms with Crippen molar-refractivity contribution in [2.24, 2.45) is 0 Å². The molecular weight excluding hydrogens is 364 g/mol. The molecule has 0 aromatic heterocycles. The summed E-state index contributed by atoms with van der Waals surface area (Å²) < 4.78 is 5.77. The summed E-state index contributed by atoms with van der Waals surface area (Å²) in [7, 11) is 0. The average Bonchev–Trinajstić information content (AvgIpc) is 3.20. The molecule has 0 unspecified atom stereocenters. The lowest BCUT2D eigenvalue weighted by Gasteiger charge is -2.15. The lowest BCUT2D eigenvalue weighted by atomic mass is 10.1. The van der Waals surface area contributed by atoms with Crippen LogP contribution in [0.25, 0.3) is 0 Å². The number of nitrogens with one attached hydrogen (secondary N) is 1. The number of nitrogens with zero attached hydrogens (tertiary/aromatic N) is 1. The van der Waals surface area contributed by atoms with E-state index in [2.05, 4.69) is 5.32 Å². The molecule has 2 amide bonds. The number of hydrogen-bond donors (Lipinski definition) is 1. The number of carbonyl (C=O) groups excluding carboxylic acids is 2. The molecule has 1 aliphatic heterocycles. The van der Waals surface area contributed by atoms with Gasteiger partial charge in [0.15, 0.2) is 0 Å². The highest BCUT2D eigenvalue weighted by molar-refractivity contribution is 5.97. The first-order valence-electron chi connectivity index (χ1n) is 9.69. The number of amides is 2. The summed E-state index contributed by atoms with van der Waals surface area (Å²) in [6.45, 7) is 1.17. The molecule has 146 valence electrons. The Hall–Kier alpha value is -3.60. The summed E-state index contributed by atoms with van der Waals surface area (Å²) in [4.78, 5) is 26.0. The smallest absolute Gasteiger partial charge is 0.251 e. The van der Waals surface area contributed by atoms with Crippen LogP contribution in [0, 0.1) is 0 Å². The van der Waals surface area contributed by atoms with Crippen LogP contribution in [0.5, 0.6) is 11.5 Å². The summed E-state index contributed by atoms with van der Waals surface area (Å²) in [5.41, 5.74) is 2.40. The lowest BCUT2D eigenvalue weighted by molar-refractivity contribution is -0.117. The molecule has 3 aromatic rings. The van der Waals surface area contributed by atoms with Crippen molar-refractivity contribution in [2.45, 2.75) is 19.4 Å². The van der Waals surface area contributed by atoms with E-state index in [1.165, 1.54) is 0 Å². The highest BCUT2D eigenvalue weighted by Crippen LogP contribution is 2.22. The topological polar surface area (TPSA) is 58.6 Å². The third kappa shape index (κ3) is 4.63. The van der Waals surface area contributed by atoms with E-state index in [-0.39, 0.29) is 11.8 Å². The van der Waals surface area contributed by atoms with E-state index < -0.39 is 0 Å². The Morgan fingerprint density at radius 1 is 0.897 bits per heavy atom. The molecule has 29 heavy (non-hydrogen) atoms. The maximum atomic E-state index is 12.4. The van der Waals surface area contributed by atoms with Gasteiger partial charge < -0.3 is 15.0 Å². The predicted molar refractivity (Wildman–Crippen MR) is 112 cm³/mol. The van der Waals surface area contributed by atoms with Gasteiger partial charge in [-0.1, -0.05) is 30.3 Å². The second-order valence-electron chi connectivity index (χ2n) is 6.94. The zero-order valence-electron chi connectivity index (χ0n) is 16.0. The molecule has 4 rings (SSSR count). The molecule has 1 N–H and O–H groups in total. The Morgan fingerprint density at radius 3 is 2.24 bits per heavy atom. The number of benzene rings is 3. The van der Waals surface area contributed by atoms with Crippen molar-refractivity contribution in [3.8, 4) is 11.5 Å². The number of anilines is 1. The molecule has 0 aliphatic carbocycles. The van der Waals surface area contributed by atoms with E-state index in [4.69, 9.17) is 4.74 Å². The van der Waals surface area contributed by atoms with Crippen LogP contribution in [0.15, 0.2) is 78.9 Å². The van der Waals surface area contributed by atoms with Gasteiger partial charge in [-0.2, -0.15) is 0 Å². The molecule has 1 saturated heterocycles. The number of carbonyl (C=O) groups is 2. The average molecular weight is 386 g/mol. The van der Waals surface area contributed by atoms with Crippen molar-refractivity contribution >= 4 is 17.5 Å². The summed E-state index contributed by atoms with van der Waals surface area (Å²) in [5, 5.41) is 2.92. The summed E-state index contributed by atoms with van der Waals surface area (Å²) in [5.74, 6) is 1.53. The number of hydrogen-bond acceptors (Lipinski definition) is 3. The third-order valence-corrected chi connectivity index (χ3v) is 4.87. The van der Waals surface area contributed by atoms with Crippen LogP contribution in [0.4, 0.5) is 5.69 Å². The lowest BCUT2D eigenvalue weighted by Crippen LogP contribution is -2.24. The van der Waals surface area contributed by atoms with Gasteiger partial charge in [-0.15, -0.1) is 0 Å². The summed E-state index contributed by atoms with van der Waals surface area (Å²) in [6, 6.07) is 24.4. The van der Waals surface area contributed by atoms with Crippen molar-refractivity contribution < 1.29 is 14.3 Å². The van der Waals surface area contributed by atoms with Gasteiger partial charge in [0.2, 0.25) is 5.91 Å². The van der Waals surface area contributed by atoms with E-state index >= 15 is 0 Å². The van der Waals surface area contributed by atoms with Gasteiger partial charge in [0, 0.05) is 30.8 Å². The molecular formula is C24H22N2O3. The Bertz CT molecular complexity index is 983. The van der Waals surface area contributed by atoms with Crippen molar-refractivity contribution in [1.82, 2.24) is 5.32 Å². The Balaban J connectivity index is 1.31. The highest BCUT2D eigenvalue weighted by atomic mass is 16.5. The van der Waals surface area contributed by atoms with Crippen molar-refractivity contribution in [3.63, 3.8) is 0 Å². The SMILES string of the molecule is O=C(NCc1ccc(Oc2ccccc2)cc1)c1ccc(N2CCCC2=O)cc1. The van der Waals surface area contributed by atoms with Crippen LogP contribution >= 0.6 is 0 Å². The van der Waals surface area contributed by atoms with E-state index in [0.717, 1.165) is 35.7 Å². The Labute approximate surface area is 169 Å².